The number of hydrogen-bond donors (Lipinski definition) is 0. The monoisotopic (exact) mass is 372 g/mol. The van der Waals surface area contributed by atoms with Crippen molar-refractivity contribution in [3.05, 3.63) is 58.1 Å². The molecule has 0 amide bonds. The van der Waals surface area contributed by atoms with Crippen molar-refractivity contribution < 1.29 is 14.3 Å². The van der Waals surface area contributed by atoms with Crippen molar-refractivity contribution in [2.75, 3.05) is 6.61 Å². The third kappa shape index (κ3) is 4.79. The Morgan fingerprint density at radius 2 is 1.62 bits per heavy atom. The van der Waals surface area contributed by atoms with Crippen LogP contribution < -0.4 is 9.47 Å². The Balaban J connectivity index is 1.53. The van der Waals surface area contributed by atoms with E-state index in [1.165, 1.54) is 37.7 Å². The smallest absolute Gasteiger partial charge is 0.349 e. The van der Waals surface area contributed by atoms with Gasteiger partial charge in [-0.3, -0.25) is 0 Å². The second-order valence-electron chi connectivity index (χ2n) is 7.04. The molecule has 1 saturated carbocycles. The highest BCUT2D eigenvalue weighted by Gasteiger charge is 2.15. The predicted molar refractivity (Wildman–Crippen MR) is 104 cm³/mol. The van der Waals surface area contributed by atoms with Gasteiger partial charge >= 0.3 is 5.97 Å². The molecule has 0 spiro atoms. The highest BCUT2D eigenvalue weighted by molar-refractivity contribution is 6.32. The molecule has 0 N–H and O–H groups in total. The van der Waals surface area contributed by atoms with Gasteiger partial charge in [0.1, 0.15) is 11.5 Å². The maximum Gasteiger partial charge on any atom is 0.349 e. The van der Waals surface area contributed by atoms with Crippen LogP contribution in [0.5, 0.6) is 11.5 Å². The Morgan fingerprint density at radius 1 is 1.00 bits per heavy atom. The maximum atomic E-state index is 12.0. The first-order valence-electron chi connectivity index (χ1n) is 9.23. The topological polar surface area (TPSA) is 35.5 Å². The number of carbonyl (C=O) groups is 1. The normalized spacial score (nSPS) is 14.9. The minimum absolute atomic E-state index is 0.134. The third-order valence-electron chi connectivity index (χ3n) is 4.96. The van der Waals surface area contributed by atoms with Crippen LogP contribution in [0.15, 0.2) is 36.4 Å². The molecule has 26 heavy (non-hydrogen) atoms. The number of carbonyl (C=O) groups excluding carboxylic acids is 1. The number of benzene rings is 2. The molecular weight excluding hydrogens is 348 g/mol. The highest BCUT2D eigenvalue weighted by atomic mass is 35.5. The molecule has 2 aromatic carbocycles. The molecule has 0 saturated heterocycles. The molecule has 3 rings (SSSR count). The van der Waals surface area contributed by atoms with Crippen LogP contribution in [0.3, 0.4) is 0 Å². The Bertz CT molecular complexity index is 738. The zero-order valence-electron chi connectivity index (χ0n) is 15.4. The lowest BCUT2D eigenvalue weighted by molar-refractivity contribution is -0.136. The molecule has 0 atom stereocenters. The number of esters is 1. The van der Waals surface area contributed by atoms with Crippen molar-refractivity contribution in [2.24, 2.45) is 0 Å². The summed E-state index contributed by atoms with van der Waals surface area (Å²) >= 11 is 6.14. The van der Waals surface area contributed by atoms with Crippen molar-refractivity contribution in [1.29, 1.82) is 0 Å². The van der Waals surface area contributed by atoms with Crippen LogP contribution in [0.1, 0.15) is 54.7 Å². The van der Waals surface area contributed by atoms with Crippen LogP contribution in [0.4, 0.5) is 0 Å². The van der Waals surface area contributed by atoms with Crippen LogP contribution in [0.2, 0.25) is 5.02 Å². The standard InChI is InChI=1S/C22H25ClO3/c1-15-12-20(13-16(2)22(15)23)25-14-21(24)26-19-10-8-18(9-11-19)17-6-4-3-5-7-17/h8-13,17H,3-7,14H2,1-2H3. The lowest BCUT2D eigenvalue weighted by atomic mass is 9.84. The number of halogens is 1. The van der Waals surface area contributed by atoms with E-state index in [4.69, 9.17) is 21.1 Å². The maximum absolute atomic E-state index is 12.0. The van der Waals surface area contributed by atoms with Gasteiger partial charge in [-0.2, -0.15) is 0 Å². The first kappa shape index (κ1) is 18.8. The van der Waals surface area contributed by atoms with Gasteiger partial charge in [0.2, 0.25) is 0 Å². The molecule has 3 nitrogen and oxygen atoms in total. The Kier molecular flexibility index (Phi) is 6.20. The fourth-order valence-electron chi connectivity index (χ4n) is 3.54. The lowest BCUT2D eigenvalue weighted by Crippen LogP contribution is -2.17. The zero-order valence-corrected chi connectivity index (χ0v) is 16.1. The fraction of sp³-hybridized carbons (Fsp3) is 0.409. The van der Waals surface area contributed by atoms with Gasteiger partial charge in [-0.25, -0.2) is 4.79 Å². The van der Waals surface area contributed by atoms with E-state index in [1.54, 1.807) is 0 Å². The SMILES string of the molecule is Cc1cc(OCC(=O)Oc2ccc(C3CCCCC3)cc2)cc(C)c1Cl. The van der Waals surface area contributed by atoms with Crippen LogP contribution in [0.25, 0.3) is 0 Å². The van der Waals surface area contributed by atoms with E-state index in [9.17, 15) is 4.79 Å². The molecule has 0 aromatic heterocycles. The molecule has 0 heterocycles. The number of aryl methyl sites for hydroxylation is 2. The van der Waals surface area contributed by atoms with Gasteiger partial charge in [-0.1, -0.05) is 43.0 Å². The van der Waals surface area contributed by atoms with E-state index in [2.05, 4.69) is 12.1 Å². The second kappa shape index (κ2) is 8.59. The number of ether oxygens (including phenoxy) is 2. The summed E-state index contributed by atoms with van der Waals surface area (Å²) in [6, 6.07) is 11.5. The fourth-order valence-corrected chi connectivity index (χ4v) is 3.65. The van der Waals surface area contributed by atoms with Crippen molar-refractivity contribution in [3.8, 4) is 11.5 Å². The van der Waals surface area contributed by atoms with Crippen LogP contribution >= 0.6 is 11.6 Å². The predicted octanol–water partition coefficient (Wildman–Crippen LogP) is 5.99. The van der Waals surface area contributed by atoms with Gasteiger partial charge in [-0.05, 0) is 73.6 Å². The summed E-state index contributed by atoms with van der Waals surface area (Å²) in [5.74, 6) is 1.41. The molecule has 1 aliphatic carbocycles. The van der Waals surface area contributed by atoms with Crippen LogP contribution in [-0.4, -0.2) is 12.6 Å². The summed E-state index contributed by atoms with van der Waals surface area (Å²) in [4.78, 5) is 12.0. The van der Waals surface area contributed by atoms with Crippen molar-refractivity contribution in [1.82, 2.24) is 0 Å². The second-order valence-corrected chi connectivity index (χ2v) is 7.42. The van der Waals surface area contributed by atoms with Crippen molar-refractivity contribution in [2.45, 2.75) is 51.9 Å². The molecule has 1 fully saturated rings. The van der Waals surface area contributed by atoms with Gasteiger partial charge in [-0.15, -0.1) is 0 Å². The average molecular weight is 373 g/mol. The summed E-state index contributed by atoms with van der Waals surface area (Å²) in [5, 5.41) is 0.720. The quantitative estimate of drug-likeness (QED) is 0.477. The first-order valence-corrected chi connectivity index (χ1v) is 9.61. The average Bonchev–Trinajstić information content (AvgIpc) is 2.65. The molecule has 4 heteroatoms. The summed E-state index contributed by atoms with van der Waals surface area (Å²) in [7, 11) is 0. The highest BCUT2D eigenvalue weighted by Crippen LogP contribution is 2.33. The van der Waals surface area contributed by atoms with Crippen LogP contribution in [-0.2, 0) is 4.79 Å². The Hall–Kier alpha value is -2.00. The van der Waals surface area contributed by atoms with E-state index >= 15 is 0 Å². The Morgan fingerprint density at radius 3 is 2.23 bits per heavy atom. The molecular formula is C22H25ClO3. The first-order chi connectivity index (χ1) is 12.5. The van der Waals surface area contributed by atoms with Gasteiger partial charge in [0.15, 0.2) is 6.61 Å². The molecule has 2 aromatic rings. The largest absolute Gasteiger partial charge is 0.482 e. The van der Waals surface area contributed by atoms with Gasteiger partial charge in [0.05, 0.1) is 0 Å². The molecule has 1 aliphatic rings. The van der Waals surface area contributed by atoms with E-state index in [1.807, 2.05) is 38.1 Å². The molecule has 138 valence electrons. The summed E-state index contributed by atoms with van der Waals surface area (Å²) < 4.78 is 10.9. The van der Waals surface area contributed by atoms with E-state index in [0.717, 1.165) is 16.1 Å². The van der Waals surface area contributed by atoms with Crippen molar-refractivity contribution in [3.63, 3.8) is 0 Å². The lowest BCUT2D eigenvalue weighted by Gasteiger charge is -2.22. The van der Waals surface area contributed by atoms with E-state index in [-0.39, 0.29) is 6.61 Å². The molecule has 0 unspecified atom stereocenters. The summed E-state index contributed by atoms with van der Waals surface area (Å²) in [6.07, 6.45) is 6.48. The number of hydrogen-bond acceptors (Lipinski definition) is 3. The molecule has 0 aliphatic heterocycles. The molecule has 0 radical (unpaired) electrons. The zero-order chi connectivity index (χ0) is 18.5. The third-order valence-corrected chi connectivity index (χ3v) is 5.55. The molecule has 0 bridgehead atoms. The minimum Gasteiger partial charge on any atom is -0.482 e. The van der Waals surface area contributed by atoms with Gasteiger partial charge in [0, 0.05) is 5.02 Å². The van der Waals surface area contributed by atoms with Gasteiger partial charge in [0.25, 0.3) is 0 Å². The van der Waals surface area contributed by atoms with E-state index < -0.39 is 5.97 Å². The van der Waals surface area contributed by atoms with Gasteiger partial charge < -0.3 is 9.47 Å². The van der Waals surface area contributed by atoms with Crippen LogP contribution in [0, 0.1) is 13.8 Å². The Labute approximate surface area is 160 Å². The summed E-state index contributed by atoms with van der Waals surface area (Å²) in [5.41, 5.74) is 3.19. The minimum atomic E-state index is -0.416. The van der Waals surface area contributed by atoms with Crippen molar-refractivity contribution >= 4 is 17.6 Å². The number of rotatable bonds is 5. The summed E-state index contributed by atoms with van der Waals surface area (Å²) in [6.45, 7) is 3.69. The van der Waals surface area contributed by atoms with E-state index in [0.29, 0.717) is 17.4 Å².